The Kier molecular flexibility index (Phi) is 2.67. The maximum absolute atomic E-state index is 11.4. The van der Waals surface area contributed by atoms with E-state index in [0.29, 0.717) is 0 Å². The van der Waals surface area contributed by atoms with Gasteiger partial charge in [-0.05, 0) is 18.3 Å². The average molecular weight is 210 g/mol. The van der Waals surface area contributed by atoms with Crippen LogP contribution in [-0.4, -0.2) is 29.9 Å². The lowest BCUT2D eigenvalue weighted by molar-refractivity contribution is -0.118. The van der Waals surface area contributed by atoms with Gasteiger partial charge in [-0.2, -0.15) is 0 Å². The van der Waals surface area contributed by atoms with E-state index in [4.69, 9.17) is 0 Å². The molecule has 1 heterocycles. The Labute approximate surface area is 90.0 Å². The van der Waals surface area contributed by atoms with Crippen molar-refractivity contribution in [3.63, 3.8) is 0 Å². The molecule has 3 amide bonds. The van der Waals surface area contributed by atoms with Gasteiger partial charge in [0.05, 0.1) is 0 Å². The van der Waals surface area contributed by atoms with E-state index < -0.39 is 0 Å². The van der Waals surface area contributed by atoms with Crippen LogP contribution in [0.4, 0.5) is 4.79 Å². The standard InChI is InChI=1S/C11H18N2O2/c1-11(5-3-2-4-6-11)8-13-7-9(14)12-10(13)15/h2-8H2,1H3,(H,12,14,15). The van der Waals surface area contributed by atoms with Crippen molar-refractivity contribution in [1.82, 2.24) is 10.2 Å². The highest BCUT2D eigenvalue weighted by molar-refractivity contribution is 6.01. The zero-order valence-corrected chi connectivity index (χ0v) is 9.21. The van der Waals surface area contributed by atoms with Crippen LogP contribution in [0.15, 0.2) is 0 Å². The lowest BCUT2D eigenvalue weighted by Crippen LogP contribution is -2.39. The van der Waals surface area contributed by atoms with E-state index in [-0.39, 0.29) is 23.9 Å². The van der Waals surface area contributed by atoms with Crippen molar-refractivity contribution in [3.05, 3.63) is 0 Å². The molecule has 4 nitrogen and oxygen atoms in total. The van der Waals surface area contributed by atoms with Gasteiger partial charge in [-0.15, -0.1) is 0 Å². The number of nitrogens with one attached hydrogen (secondary N) is 1. The minimum atomic E-state index is -0.216. The van der Waals surface area contributed by atoms with Crippen LogP contribution in [0, 0.1) is 5.41 Å². The number of imide groups is 1. The van der Waals surface area contributed by atoms with Gasteiger partial charge in [0.2, 0.25) is 5.91 Å². The van der Waals surface area contributed by atoms with Gasteiger partial charge in [0.15, 0.2) is 0 Å². The highest BCUT2D eigenvalue weighted by Crippen LogP contribution is 2.36. The summed E-state index contributed by atoms with van der Waals surface area (Å²) in [5, 5.41) is 2.32. The SMILES string of the molecule is CC1(CN2CC(=O)NC2=O)CCCCC1. The minimum Gasteiger partial charge on any atom is -0.315 e. The van der Waals surface area contributed by atoms with Crippen LogP contribution in [0.2, 0.25) is 0 Å². The Bertz CT molecular complexity index is 282. The molecular weight excluding hydrogens is 192 g/mol. The summed E-state index contributed by atoms with van der Waals surface area (Å²) in [5.41, 5.74) is 0.222. The second-order valence-corrected chi connectivity index (χ2v) is 5.08. The first kappa shape index (κ1) is 10.5. The van der Waals surface area contributed by atoms with Crippen LogP contribution < -0.4 is 5.32 Å². The van der Waals surface area contributed by atoms with Crippen molar-refractivity contribution >= 4 is 11.9 Å². The Hall–Kier alpha value is -1.06. The van der Waals surface area contributed by atoms with Crippen molar-refractivity contribution in [2.75, 3.05) is 13.1 Å². The molecule has 1 aliphatic heterocycles. The third kappa shape index (κ3) is 2.30. The minimum absolute atomic E-state index is 0.167. The Morgan fingerprint density at radius 1 is 1.27 bits per heavy atom. The van der Waals surface area contributed by atoms with Gasteiger partial charge in [-0.25, -0.2) is 4.79 Å². The molecule has 0 atom stereocenters. The van der Waals surface area contributed by atoms with E-state index in [1.54, 1.807) is 4.90 Å². The molecule has 84 valence electrons. The van der Waals surface area contributed by atoms with Gasteiger partial charge in [-0.1, -0.05) is 26.2 Å². The van der Waals surface area contributed by atoms with E-state index in [9.17, 15) is 9.59 Å². The molecule has 1 saturated heterocycles. The maximum Gasteiger partial charge on any atom is 0.324 e. The number of carbonyl (C=O) groups excluding carboxylic acids is 2. The smallest absolute Gasteiger partial charge is 0.315 e. The third-order valence-electron chi connectivity index (χ3n) is 3.50. The fraction of sp³-hybridized carbons (Fsp3) is 0.818. The summed E-state index contributed by atoms with van der Waals surface area (Å²) in [6, 6.07) is -0.216. The van der Waals surface area contributed by atoms with E-state index in [2.05, 4.69) is 12.2 Å². The lowest BCUT2D eigenvalue weighted by Gasteiger charge is -2.36. The summed E-state index contributed by atoms with van der Waals surface area (Å²) >= 11 is 0. The molecule has 1 aliphatic carbocycles. The zero-order valence-electron chi connectivity index (χ0n) is 9.21. The van der Waals surface area contributed by atoms with Crippen LogP contribution in [0.5, 0.6) is 0 Å². The van der Waals surface area contributed by atoms with Gasteiger partial charge >= 0.3 is 6.03 Å². The van der Waals surface area contributed by atoms with Crippen LogP contribution in [0.25, 0.3) is 0 Å². The first-order chi connectivity index (χ1) is 7.09. The normalized spacial score (nSPS) is 25.5. The molecule has 2 rings (SSSR count). The number of urea groups is 1. The lowest BCUT2D eigenvalue weighted by atomic mass is 9.75. The summed E-state index contributed by atoms with van der Waals surface area (Å²) in [6.45, 7) is 3.20. The van der Waals surface area contributed by atoms with E-state index >= 15 is 0 Å². The van der Waals surface area contributed by atoms with Gasteiger partial charge in [0.1, 0.15) is 6.54 Å². The molecule has 0 unspecified atom stereocenters. The number of amides is 3. The Balaban J connectivity index is 1.95. The monoisotopic (exact) mass is 210 g/mol. The van der Waals surface area contributed by atoms with Gasteiger partial charge in [0.25, 0.3) is 0 Å². The van der Waals surface area contributed by atoms with Crippen LogP contribution in [0.3, 0.4) is 0 Å². The van der Waals surface area contributed by atoms with Crippen LogP contribution in [0.1, 0.15) is 39.0 Å². The molecule has 4 heteroatoms. The van der Waals surface area contributed by atoms with Gasteiger partial charge < -0.3 is 4.90 Å². The van der Waals surface area contributed by atoms with Crippen LogP contribution >= 0.6 is 0 Å². The topological polar surface area (TPSA) is 49.4 Å². The second-order valence-electron chi connectivity index (χ2n) is 5.08. The first-order valence-electron chi connectivity index (χ1n) is 5.68. The molecule has 0 aromatic carbocycles. The van der Waals surface area contributed by atoms with Crippen molar-refractivity contribution < 1.29 is 9.59 Å². The van der Waals surface area contributed by atoms with Crippen molar-refractivity contribution in [1.29, 1.82) is 0 Å². The highest BCUT2D eigenvalue weighted by atomic mass is 16.2. The fourth-order valence-electron chi connectivity index (χ4n) is 2.63. The summed E-state index contributed by atoms with van der Waals surface area (Å²) in [6.07, 6.45) is 6.15. The Morgan fingerprint density at radius 3 is 2.47 bits per heavy atom. The predicted molar refractivity (Wildman–Crippen MR) is 56.3 cm³/mol. The first-order valence-corrected chi connectivity index (χ1v) is 5.68. The van der Waals surface area contributed by atoms with Gasteiger partial charge in [0, 0.05) is 6.54 Å². The van der Waals surface area contributed by atoms with Gasteiger partial charge in [-0.3, -0.25) is 10.1 Å². The zero-order chi connectivity index (χ0) is 10.9. The van der Waals surface area contributed by atoms with Crippen molar-refractivity contribution in [2.24, 2.45) is 5.41 Å². The maximum atomic E-state index is 11.4. The number of carbonyl (C=O) groups is 2. The third-order valence-corrected chi connectivity index (χ3v) is 3.50. The molecule has 1 saturated carbocycles. The quantitative estimate of drug-likeness (QED) is 0.702. The number of rotatable bonds is 2. The largest absolute Gasteiger partial charge is 0.324 e. The summed E-state index contributed by atoms with van der Waals surface area (Å²) in [5.74, 6) is -0.167. The number of hydrogen-bond donors (Lipinski definition) is 1. The number of hydrogen-bond acceptors (Lipinski definition) is 2. The molecule has 0 aromatic rings. The molecule has 15 heavy (non-hydrogen) atoms. The average Bonchev–Trinajstić information content (AvgIpc) is 2.45. The van der Waals surface area contributed by atoms with Crippen molar-refractivity contribution in [2.45, 2.75) is 39.0 Å². The van der Waals surface area contributed by atoms with Crippen LogP contribution in [-0.2, 0) is 4.79 Å². The molecule has 0 spiro atoms. The highest BCUT2D eigenvalue weighted by Gasteiger charge is 2.34. The molecule has 0 aromatic heterocycles. The van der Waals surface area contributed by atoms with E-state index in [0.717, 1.165) is 6.54 Å². The second kappa shape index (κ2) is 3.83. The summed E-state index contributed by atoms with van der Waals surface area (Å²) < 4.78 is 0. The molecule has 2 aliphatic rings. The molecular formula is C11H18N2O2. The van der Waals surface area contributed by atoms with E-state index in [1.807, 2.05) is 0 Å². The predicted octanol–water partition coefficient (Wildman–Crippen LogP) is 1.51. The fourth-order valence-corrected chi connectivity index (χ4v) is 2.63. The Morgan fingerprint density at radius 2 is 1.93 bits per heavy atom. The van der Waals surface area contributed by atoms with E-state index in [1.165, 1.54) is 32.1 Å². The summed E-state index contributed by atoms with van der Waals surface area (Å²) in [4.78, 5) is 24.1. The number of nitrogens with zero attached hydrogens (tertiary/aromatic N) is 1. The molecule has 0 bridgehead atoms. The summed E-state index contributed by atoms with van der Waals surface area (Å²) in [7, 11) is 0. The molecule has 0 radical (unpaired) electrons. The molecule has 1 N–H and O–H groups in total. The van der Waals surface area contributed by atoms with Crippen molar-refractivity contribution in [3.8, 4) is 0 Å². The molecule has 2 fully saturated rings.